The molecule has 0 aliphatic heterocycles. The van der Waals surface area contributed by atoms with E-state index >= 15 is 0 Å². The van der Waals surface area contributed by atoms with Crippen LogP contribution in [0.4, 0.5) is 0 Å². The lowest BCUT2D eigenvalue weighted by molar-refractivity contribution is -0.0322. The van der Waals surface area contributed by atoms with Crippen molar-refractivity contribution in [3.8, 4) is 0 Å². The Morgan fingerprint density at radius 1 is 1.43 bits per heavy atom. The molecule has 14 heavy (non-hydrogen) atoms. The third kappa shape index (κ3) is 1.94. The maximum Gasteiger partial charge on any atom is 0.0688 e. The molecule has 0 saturated heterocycles. The van der Waals surface area contributed by atoms with Crippen LogP contribution in [-0.4, -0.2) is 10.7 Å². The van der Waals surface area contributed by atoms with Gasteiger partial charge in [-0.1, -0.05) is 23.7 Å². The molecule has 2 rings (SSSR count). The average Bonchev–Trinajstić information content (AvgIpc) is 2.07. The van der Waals surface area contributed by atoms with E-state index in [0.717, 1.165) is 29.8 Å². The molecule has 0 aromatic heterocycles. The van der Waals surface area contributed by atoms with E-state index in [-0.39, 0.29) is 0 Å². The Bertz CT molecular complexity index is 342. The van der Waals surface area contributed by atoms with E-state index in [9.17, 15) is 5.11 Å². The summed E-state index contributed by atoms with van der Waals surface area (Å²) in [5.74, 6) is 0. The van der Waals surface area contributed by atoms with Gasteiger partial charge in [-0.3, -0.25) is 0 Å². The fourth-order valence-corrected chi connectivity index (χ4v) is 2.21. The summed E-state index contributed by atoms with van der Waals surface area (Å²) in [6.45, 7) is 2.02. The van der Waals surface area contributed by atoms with Gasteiger partial charge in [-0.2, -0.15) is 0 Å². The van der Waals surface area contributed by atoms with Crippen LogP contribution in [0.5, 0.6) is 0 Å². The van der Waals surface area contributed by atoms with Gasteiger partial charge in [-0.15, -0.1) is 0 Å². The highest BCUT2D eigenvalue weighted by molar-refractivity contribution is 6.31. The molecule has 0 bridgehead atoms. The number of benzene rings is 1. The van der Waals surface area contributed by atoms with E-state index in [2.05, 4.69) is 0 Å². The molecule has 1 aromatic carbocycles. The highest BCUT2D eigenvalue weighted by Crippen LogP contribution is 2.36. The molecule has 0 heterocycles. The minimum atomic E-state index is -0.473. The van der Waals surface area contributed by atoms with Crippen molar-refractivity contribution in [3.63, 3.8) is 0 Å². The number of aryl methyl sites for hydroxylation is 1. The molecule has 0 radical (unpaired) electrons. The maximum absolute atomic E-state index is 10.00. The molecule has 1 nitrogen and oxygen atoms in total. The van der Waals surface area contributed by atoms with E-state index in [1.165, 1.54) is 5.56 Å². The summed E-state index contributed by atoms with van der Waals surface area (Å²) in [5.41, 5.74) is 1.76. The van der Waals surface area contributed by atoms with E-state index in [4.69, 9.17) is 11.6 Å². The predicted octanol–water partition coefficient (Wildman–Crippen LogP) is 3.11. The Morgan fingerprint density at radius 2 is 2.14 bits per heavy atom. The molecule has 0 spiro atoms. The molecule has 1 aromatic rings. The molecule has 0 atom stereocenters. The average molecular weight is 211 g/mol. The lowest BCUT2D eigenvalue weighted by Gasteiger charge is -2.37. The Kier molecular flexibility index (Phi) is 2.54. The summed E-state index contributed by atoms with van der Waals surface area (Å²) >= 11 is 6.11. The summed E-state index contributed by atoms with van der Waals surface area (Å²) in [7, 11) is 0. The Morgan fingerprint density at radius 3 is 2.64 bits per heavy atom. The summed E-state index contributed by atoms with van der Waals surface area (Å²) in [6, 6.07) is 6.02. The van der Waals surface area contributed by atoms with E-state index < -0.39 is 5.60 Å². The highest BCUT2D eigenvalue weighted by Gasteiger charge is 2.34. The van der Waals surface area contributed by atoms with Crippen molar-refractivity contribution in [1.29, 1.82) is 0 Å². The monoisotopic (exact) mass is 210 g/mol. The van der Waals surface area contributed by atoms with Crippen LogP contribution in [0.25, 0.3) is 0 Å². The van der Waals surface area contributed by atoms with Crippen molar-refractivity contribution in [2.75, 3.05) is 0 Å². The molecular formula is C12H15ClO. The van der Waals surface area contributed by atoms with Crippen LogP contribution in [0.1, 0.15) is 30.4 Å². The van der Waals surface area contributed by atoms with Gasteiger partial charge < -0.3 is 5.11 Å². The summed E-state index contributed by atoms with van der Waals surface area (Å²) < 4.78 is 0. The third-order valence-electron chi connectivity index (χ3n) is 3.01. The van der Waals surface area contributed by atoms with Crippen LogP contribution in [-0.2, 0) is 6.42 Å². The summed E-state index contributed by atoms with van der Waals surface area (Å²) in [6.07, 6.45) is 3.67. The van der Waals surface area contributed by atoms with Crippen molar-refractivity contribution in [3.05, 3.63) is 34.3 Å². The summed E-state index contributed by atoms with van der Waals surface area (Å²) in [5, 5.41) is 10.8. The first-order valence-electron chi connectivity index (χ1n) is 5.06. The molecule has 1 aliphatic carbocycles. The second-order valence-electron chi connectivity index (χ2n) is 4.35. The first-order valence-corrected chi connectivity index (χ1v) is 5.44. The van der Waals surface area contributed by atoms with Crippen LogP contribution in [0, 0.1) is 6.92 Å². The highest BCUT2D eigenvalue weighted by atomic mass is 35.5. The van der Waals surface area contributed by atoms with Gasteiger partial charge in [0.15, 0.2) is 0 Å². The SMILES string of the molecule is Cc1ccc(CC2(O)CCC2)c(Cl)c1. The number of hydrogen-bond donors (Lipinski definition) is 1. The second-order valence-corrected chi connectivity index (χ2v) is 4.76. The van der Waals surface area contributed by atoms with Crippen molar-refractivity contribution in [1.82, 2.24) is 0 Å². The zero-order valence-corrected chi connectivity index (χ0v) is 9.14. The Labute approximate surface area is 89.7 Å². The standard InChI is InChI=1S/C12H15ClO/c1-9-3-4-10(11(13)7-9)8-12(14)5-2-6-12/h3-4,7,14H,2,5-6,8H2,1H3. The normalized spacial score (nSPS) is 19.1. The molecule has 0 unspecified atom stereocenters. The van der Waals surface area contributed by atoms with Crippen LogP contribution >= 0.6 is 11.6 Å². The molecule has 1 fully saturated rings. The van der Waals surface area contributed by atoms with Gasteiger partial charge in [0.2, 0.25) is 0 Å². The van der Waals surface area contributed by atoms with E-state index in [1.54, 1.807) is 0 Å². The first kappa shape index (κ1) is 10.0. The van der Waals surface area contributed by atoms with Gasteiger partial charge in [0.1, 0.15) is 0 Å². The topological polar surface area (TPSA) is 20.2 Å². The van der Waals surface area contributed by atoms with Crippen LogP contribution in [0.15, 0.2) is 18.2 Å². The summed E-state index contributed by atoms with van der Waals surface area (Å²) in [4.78, 5) is 0. The number of hydrogen-bond acceptors (Lipinski definition) is 1. The fourth-order valence-electron chi connectivity index (χ4n) is 1.91. The lowest BCUT2D eigenvalue weighted by atomic mass is 9.76. The van der Waals surface area contributed by atoms with Crippen LogP contribution in [0.3, 0.4) is 0 Å². The molecule has 1 saturated carbocycles. The van der Waals surface area contributed by atoms with Crippen molar-refractivity contribution >= 4 is 11.6 Å². The fraction of sp³-hybridized carbons (Fsp3) is 0.500. The molecule has 1 N–H and O–H groups in total. The smallest absolute Gasteiger partial charge is 0.0688 e. The Balaban J connectivity index is 2.16. The van der Waals surface area contributed by atoms with E-state index in [0.29, 0.717) is 6.42 Å². The largest absolute Gasteiger partial charge is 0.390 e. The van der Waals surface area contributed by atoms with E-state index in [1.807, 2.05) is 25.1 Å². The maximum atomic E-state index is 10.00. The van der Waals surface area contributed by atoms with Crippen LogP contribution < -0.4 is 0 Å². The molecule has 2 heteroatoms. The third-order valence-corrected chi connectivity index (χ3v) is 3.36. The quantitative estimate of drug-likeness (QED) is 0.796. The number of aliphatic hydroxyl groups is 1. The predicted molar refractivity (Wildman–Crippen MR) is 58.7 cm³/mol. The van der Waals surface area contributed by atoms with Gasteiger partial charge in [0, 0.05) is 11.4 Å². The minimum absolute atomic E-state index is 0.473. The van der Waals surface area contributed by atoms with Gasteiger partial charge in [-0.05, 0) is 43.4 Å². The van der Waals surface area contributed by atoms with Crippen molar-refractivity contribution < 1.29 is 5.11 Å². The van der Waals surface area contributed by atoms with Crippen molar-refractivity contribution in [2.24, 2.45) is 0 Å². The molecule has 0 amide bonds. The Hall–Kier alpha value is -0.530. The lowest BCUT2D eigenvalue weighted by Crippen LogP contribution is -2.38. The zero-order valence-electron chi connectivity index (χ0n) is 8.39. The number of rotatable bonds is 2. The van der Waals surface area contributed by atoms with Gasteiger partial charge >= 0.3 is 0 Å². The first-order chi connectivity index (χ1) is 6.59. The van der Waals surface area contributed by atoms with Crippen molar-refractivity contribution in [2.45, 2.75) is 38.2 Å². The van der Waals surface area contributed by atoms with Crippen LogP contribution in [0.2, 0.25) is 5.02 Å². The zero-order chi connectivity index (χ0) is 10.2. The number of halogens is 1. The van der Waals surface area contributed by atoms with Gasteiger partial charge in [0.25, 0.3) is 0 Å². The van der Waals surface area contributed by atoms with Gasteiger partial charge in [-0.25, -0.2) is 0 Å². The minimum Gasteiger partial charge on any atom is -0.390 e. The molecular weight excluding hydrogens is 196 g/mol. The second kappa shape index (κ2) is 3.56. The molecule has 1 aliphatic rings. The van der Waals surface area contributed by atoms with Gasteiger partial charge in [0.05, 0.1) is 5.60 Å². The molecule has 76 valence electrons.